The Balaban J connectivity index is 1.60. The van der Waals surface area contributed by atoms with Gasteiger partial charge in [0.15, 0.2) is 0 Å². The van der Waals surface area contributed by atoms with Crippen molar-refractivity contribution in [2.24, 2.45) is 0 Å². The van der Waals surface area contributed by atoms with Crippen LogP contribution in [0, 0.1) is 0 Å². The minimum atomic E-state index is 0.0427. The molecule has 0 aromatic heterocycles. The Morgan fingerprint density at radius 1 is 1.28 bits per heavy atom. The molecule has 4 heteroatoms. The van der Waals surface area contributed by atoms with Crippen LogP contribution in [-0.2, 0) is 24.2 Å². The van der Waals surface area contributed by atoms with Gasteiger partial charge in [-0.3, -0.25) is 4.79 Å². The highest BCUT2D eigenvalue weighted by molar-refractivity contribution is 5.76. The Bertz CT molecular complexity index is 727. The number of hydrogen-bond donors (Lipinski definition) is 1. The van der Waals surface area contributed by atoms with Crippen LogP contribution in [0.15, 0.2) is 42.5 Å². The number of benzene rings is 2. The molecule has 25 heavy (non-hydrogen) atoms. The minimum Gasteiger partial charge on any atom is -0.494 e. The molecule has 0 radical (unpaired) electrons. The largest absolute Gasteiger partial charge is 0.494 e. The summed E-state index contributed by atoms with van der Waals surface area (Å²) in [5, 5.41) is 3.00. The number of amides is 1. The number of fused-ring (bicyclic) bond motifs is 1. The van der Waals surface area contributed by atoms with Gasteiger partial charge in [-0.15, -0.1) is 0 Å². The second-order valence-corrected chi connectivity index (χ2v) is 6.40. The number of aryl methyl sites for hydroxylation is 1. The van der Waals surface area contributed by atoms with Crippen LogP contribution < -0.4 is 14.8 Å². The Labute approximate surface area is 149 Å². The highest BCUT2D eigenvalue weighted by atomic mass is 16.5. The van der Waals surface area contributed by atoms with Crippen molar-refractivity contribution < 1.29 is 14.3 Å². The molecule has 0 aliphatic carbocycles. The van der Waals surface area contributed by atoms with E-state index in [1.807, 2.05) is 49.4 Å². The first-order valence-electron chi connectivity index (χ1n) is 8.91. The Morgan fingerprint density at radius 3 is 2.84 bits per heavy atom. The smallest absolute Gasteiger partial charge is 0.220 e. The van der Waals surface area contributed by atoms with Crippen LogP contribution in [-0.4, -0.2) is 18.6 Å². The summed E-state index contributed by atoms with van der Waals surface area (Å²) in [6.07, 6.45) is 2.32. The van der Waals surface area contributed by atoms with Crippen LogP contribution in [0.25, 0.3) is 0 Å². The first kappa shape index (κ1) is 17.3. The molecule has 0 spiro atoms. The van der Waals surface area contributed by atoms with E-state index in [0.29, 0.717) is 19.6 Å². The molecule has 0 bridgehead atoms. The normalized spacial score (nSPS) is 15.4. The summed E-state index contributed by atoms with van der Waals surface area (Å²) in [6, 6.07) is 14.1. The summed E-state index contributed by atoms with van der Waals surface area (Å²) in [4.78, 5) is 12.2. The third-order valence-electron chi connectivity index (χ3n) is 4.34. The van der Waals surface area contributed by atoms with Gasteiger partial charge < -0.3 is 14.8 Å². The van der Waals surface area contributed by atoms with E-state index in [1.165, 1.54) is 11.1 Å². The van der Waals surface area contributed by atoms with Gasteiger partial charge in [-0.25, -0.2) is 0 Å². The molecule has 0 saturated carbocycles. The lowest BCUT2D eigenvalue weighted by atomic mass is 10.1. The Kier molecular flexibility index (Phi) is 5.59. The summed E-state index contributed by atoms with van der Waals surface area (Å²) in [5.74, 6) is 1.79. The number of ether oxygens (including phenoxy) is 2. The Morgan fingerprint density at radius 2 is 2.08 bits per heavy atom. The quantitative estimate of drug-likeness (QED) is 0.837. The maximum absolute atomic E-state index is 12.2. The topological polar surface area (TPSA) is 47.6 Å². The van der Waals surface area contributed by atoms with Crippen molar-refractivity contribution in [3.63, 3.8) is 0 Å². The predicted octanol–water partition coefficient (Wildman–Crippen LogP) is 3.66. The van der Waals surface area contributed by atoms with E-state index in [-0.39, 0.29) is 12.0 Å². The first-order valence-corrected chi connectivity index (χ1v) is 8.91. The van der Waals surface area contributed by atoms with Crippen LogP contribution in [0.4, 0.5) is 0 Å². The monoisotopic (exact) mass is 339 g/mol. The first-order chi connectivity index (χ1) is 12.2. The summed E-state index contributed by atoms with van der Waals surface area (Å²) >= 11 is 0. The molecule has 1 heterocycles. The fourth-order valence-electron chi connectivity index (χ4n) is 3.09. The van der Waals surface area contributed by atoms with Gasteiger partial charge in [0.1, 0.15) is 17.6 Å². The van der Waals surface area contributed by atoms with Crippen LogP contribution in [0.1, 0.15) is 37.0 Å². The van der Waals surface area contributed by atoms with E-state index >= 15 is 0 Å². The number of carbonyl (C=O) groups is 1. The molecule has 2 aromatic rings. The molecule has 3 rings (SSSR count). The van der Waals surface area contributed by atoms with E-state index in [1.54, 1.807) is 0 Å². The van der Waals surface area contributed by atoms with Crippen molar-refractivity contribution >= 4 is 5.91 Å². The standard InChI is InChI=1S/C21H25NO3/c1-3-24-19-12-17-11-15(2)25-20(17)13-18(19)14-22-21(23)10-9-16-7-5-4-6-8-16/h4-8,12-13,15H,3,9-11,14H2,1-2H3,(H,22,23)/t15-/m0/s1. The number of rotatable bonds is 7. The van der Waals surface area contributed by atoms with Crippen molar-refractivity contribution in [3.05, 3.63) is 59.2 Å². The summed E-state index contributed by atoms with van der Waals surface area (Å²) < 4.78 is 11.6. The van der Waals surface area contributed by atoms with Gasteiger partial charge in [-0.2, -0.15) is 0 Å². The molecule has 0 fully saturated rings. The molecule has 0 unspecified atom stereocenters. The maximum atomic E-state index is 12.2. The second kappa shape index (κ2) is 8.06. The van der Waals surface area contributed by atoms with Crippen molar-refractivity contribution in [3.8, 4) is 11.5 Å². The van der Waals surface area contributed by atoms with Gasteiger partial charge in [0.25, 0.3) is 0 Å². The predicted molar refractivity (Wildman–Crippen MR) is 98.0 cm³/mol. The van der Waals surface area contributed by atoms with E-state index < -0.39 is 0 Å². The van der Waals surface area contributed by atoms with Crippen LogP contribution in [0.3, 0.4) is 0 Å². The Hall–Kier alpha value is -2.49. The zero-order valence-corrected chi connectivity index (χ0v) is 14.9. The molecule has 4 nitrogen and oxygen atoms in total. The van der Waals surface area contributed by atoms with E-state index in [9.17, 15) is 4.79 Å². The molecular weight excluding hydrogens is 314 g/mol. The van der Waals surface area contributed by atoms with Crippen molar-refractivity contribution in [2.45, 2.75) is 45.8 Å². The van der Waals surface area contributed by atoms with Gasteiger partial charge in [0.05, 0.1) is 6.61 Å². The molecule has 1 amide bonds. The second-order valence-electron chi connectivity index (χ2n) is 6.40. The highest BCUT2D eigenvalue weighted by Crippen LogP contribution is 2.35. The summed E-state index contributed by atoms with van der Waals surface area (Å²) in [6.45, 7) is 5.08. The molecule has 0 saturated heterocycles. The molecule has 132 valence electrons. The summed E-state index contributed by atoms with van der Waals surface area (Å²) in [7, 11) is 0. The van der Waals surface area contributed by atoms with Crippen molar-refractivity contribution in [1.82, 2.24) is 5.32 Å². The number of hydrogen-bond acceptors (Lipinski definition) is 3. The van der Waals surface area contributed by atoms with Crippen molar-refractivity contribution in [2.75, 3.05) is 6.61 Å². The number of nitrogens with one attached hydrogen (secondary N) is 1. The zero-order chi connectivity index (χ0) is 17.6. The van der Waals surface area contributed by atoms with Crippen molar-refractivity contribution in [1.29, 1.82) is 0 Å². The van der Waals surface area contributed by atoms with E-state index in [0.717, 1.165) is 29.9 Å². The van der Waals surface area contributed by atoms with Gasteiger partial charge >= 0.3 is 0 Å². The van der Waals surface area contributed by atoms with Gasteiger partial charge in [0, 0.05) is 30.5 Å². The zero-order valence-electron chi connectivity index (χ0n) is 14.9. The third-order valence-corrected chi connectivity index (χ3v) is 4.34. The fraction of sp³-hybridized carbons (Fsp3) is 0.381. The highest BCUT2D eigenvalue weighted by Gasteiger charge is 2.22. The summed E-state index contributed by atoms with van der Waals surface area (Å²) in [5.41, 5.74) is 3.31. The lowest BCUT2D eigenvalue weighted by molar-refractivity contribution is -0.121. The minimum absolute atomic E-state index is 0.0427. The van der Waals surface area contributed by atoms with E-state index in [4.69, 9.17) is 9.47 Å². The van der Waals surface area contributed by atoms with E-state index in [2.05, 4.69) is 12.2 Å². The third kappa shape index (κ3) is 4.53. The fourth-order valence-corrected chi connectivity index (χ4v) is 3.09. The van der Waals surface area contributed by atoms with Crippen LogP contribution >= 0.6 is 0 Å². The van der Waals surface area contributed by atoms with Gasteiger partial charge in [-0.1, -0.05) is 30.3 Å². The maximum Gasteiger partial charge on any atom is 0.220 e. The molecule has 1 aliphatic heterocycles. The molecule has 2 aromatic carbocycles. The molecule has 1 N–H and O–H groups in total. The number of carbonyl (C=O) groups excluding carboxylic acids is 1. The molecular formula is C21H25NO3. The average Bonchev–Trinajstić information content (AvgIpc) is 2.98. The van der Waals surface area contributed by atoms with Gasteiger partial charge in [-0.05, 0) is 38.0 Å². The molecule has 1 aliphatic rings. The molecule has 1 atom stereocenters. The lowest BCUT2D eigenvalue weighted by Crippen LogP contribution is -2.23. The average molecular weight is 339 g/mol. The van der Waals surface area contributed by atoms with Gasteiger partial charge in [0.2, 0.25) is 5.91 Å². The van der Waals surface area contributed by atoms with Crippen LogP contribution in [0.2, 0.25) is 0 Å². The lowest BCUT2D eigenvalue weighted by Gasteiger charge is -2.13. The van der Waals surface area contributed by atoms with Crippen LogP contribution in [0.5, 0.6) is 11.5 Å². The SMILES string of the molecule is CCOc1cc2c(cc1CNC(=O)CCc1ccccc1)O[C@@H](C)C2.